The first-order valence-corrected chi connectivity index (χ1v) is 8.99. The normalized spacial score (nSPS) is 10.7. The fourth-order valence-electron chi connectivity index (χ4n) is 2.99. The number of Topliss-reactive ketones (excluding diaryl/α,β-unsaturated/α-hetero) is 1. The summed E-state index contributed by atoms with van der Waals surface area (Å²) in [5, 5.41) is 11.2. The van der Waals surface area contributed by atoms with Crippen molar-refractivity contribution in [3.05, 3.63) is 84.6 Å². The van der Waals surface area contributed by atoms with Gasteiger partial charge in [0.1, 0.15) is 0 Å². The third kappa shape index (κ3) is 3.81. The van der Waals surface area contributed by atoms with E-state index < -0.39 is 0 Å². The summed E-state index contributed by atoms with van der Waals surface area (Å²) < 4.78 is 1.89. The first-order chi connectivity index (χ1) is 13.7. The smallest absolute Gasteiger partial charge is 0.224 e. The van der Waals surface area contributed by atoms with Crippen molar-refractivity contribution >= 4 is 23.0 Å². The predicted octanol–water partition coefficient (Wildman–Crippen LogP) is 4.00. The summed E-state index contributed by atoms with van der Waals surface area (Å²) in [6.07, 6.45) is 2.20. The number of benzene rings is 2. The minimum Gasteiger partial charge on any atom is -0.326 e. The summed E-state index contributed by atoms with van der Waals surface area (Å²) >= 11 is 0. The molecule has 0 spiro atoms. The molecule has 1 N–H and O–H groups in total. The molecule has 0 saturated carbocycles. The van der Waals surface area contributed by atoms with Crippen LogP contribution in [0, 0.1) is 0 Å². The number of carbonyl (C=O) groups excluding carboxylic acids is 2. The monoisotopic (exact) mass is 370 g/mol. The van der Waals surface area contributed by atoms with Crippen molar-refractivity contribution < 1.29 is 9.59 Å². The van der Waals surface area contributed by atoms with Crippen molar-refractivity contribution in [2.75, 3.05) is 5.32 Å². The highest BCUT2D eigenvalue weighted by atomic mass is 16.2. The zero-order valence-electron chi connectivity index (χ0n) is 15.1. The molecular formula is C22H18N4O2. The van der Waals surface area contributed by atoms with Gasteiger partial charge in [-0.15, -0.1) is 10.2 Å². The van der Waals surface area contributed by atoms with E-state index >= 15 is 0 Å². The number of amides is 1. The third-order valence-electron chi connectivity index (χ3n) is 4.39. The van der Waals surface area contributed by atoms with Crippen molar-refractivity contribution in [2.24, 2.45) is 0 Å². The van der Waals surface area contributed by atoms with E-state index in [0.717, 1.165) is 11.2 Å². The number of hydrogen-bond donors (Lipinski definition) is 1. The molecule has 0 atom stereocenters. The Morgan fingerprint density at radius 2 is 1.68 bits per heavy atom. The molecule has 0 saturated heterocycles. The fraction of sp³-hybridized carbons (Fsp3) is 0.0909. The average Bonchev–Trinajstić information content (AvgIpc) is 3.17. The van der Waals surface area contributed by atoms with Gasteiger partial charge in [0, 0.05) is 35.9 Å². The molecule has 0 bridgehead atoms. The van der Waals surface area contributed by atoms with E-state index in [2.05, 4.69) is 15.5 Å². The van der Waals surface area contributed by atoms with E-state index in [-0.39, 0.29) is 24.5 Å². The van der Waals surface area contributed by atoms with Gasteiger partial charge >= 0.3 is 0 Å². The van der Waals surface area contributed by atoms with Crippen LogP contribution < -0.4 is 5.32 Å². The lowest BCUT2D eigenvalue weighted by atomic mass is 10.1. The number of ketones is 1. The molecular weight excluding hydrogens is 352 g/mol. The van der Waals surface area contributed by atoms with Crippen molar-refractivity contribution in [3.63, 3.8) is 0 Å². The molecule has 6 heteroatoms. The molecule has 0 fully saturated rings. The van der Waals surface area contributed by atoms with Gasteiger partial charge in [-0.25, -0.2) is 0 Å². The maximum atomic E-state index is 12.3. The molecule has 6 nitrogen and oxygen atoms in total. The van der Waals surface area contributed by atoms with Gasteiger partial charge in [0.25, 0.3) is 0 Å². The first-order valence-electron chi connectivity index (χ1n) is 8.99. The molecule has 0 aliphatic carbocycles. The Balaban J connectivity index is 1.43. The Kier molecular flexibility index (Phi) is 4.93. The molecule has 4 rings (SSSR count). The number of aromatic nitrogens is 3. The Hall–Kier alpha value is -3.80. The average molecular weight is 370 g/mol. The second-order valence-electron chi connectivity index (χ2n) is 6.37. The second-order valence-corrected chi connectivity index (χ2v) is 6.37. The van der Waals surface area contributed by atoms with Crippen LogP contribution in [0.25, 0.3) is 17.0 Å². The SMILES string of the molecule is O=C(CCC(=O)c1ccccc1)Nc1cccc(-c2nnc3ccccn23)c1. The molecule has 2 aromatic heterocycles. The van der Waals surface area contributed by atoms with Crippen LogP contribution in [0.2, 0.25) is 0 Å². The largest absolute Gasteiger partial charge is 0.326 e. The van der Waals surface area contributed by atoms with Crippen LogP contribution in [0.4, 0.5) is 5.69 Å². The molecule has 2 heterocycles. The number of fused-ring (bicyclic) bond motifs is 1. The van der Waals surface area contributed by atoms with Crippen LogP contribution in [0.15, 0.2) is 79.0 Å². The zero-order valence-corrected chi connectivity index (χ0v) is 15.1. The number of carbonyl (C=O) groups is 2. The maximum Gasteiger partial charge on any atom is 0.224 e. The fourth-order valence-corrected chi connectivity index (χ4v) is 2.99. The first kappa shape index (κ1) is 17.6. The number of rotatable bonds is 6. The second kappa shape index (κ2) is 7.84. The summed E-state index contributed by atoms with van der Waals surface area (Å²) in [5.74, 6) is 0.456. The number of anilines is 1. The molecule has 0 aliphatic heterocycles. The van der Waals surface area contributed by atoms with E-state index in [9.17, 15) is 9.59 Å². The summed E-state index contributed by atoms with van der Waals surface area (Å²) in [6, 6.07) is 22.1. The van der Waals surface area contributed by atoms with Gasteiger partial charge in [-0.1, -0.05) is 48.5 Å². The highest BCUT2D eigenvalue weighted by Gasteiger charge is 2.11. The van der Waals surface area contributed by atoms with E-state index in [1.807, 2.05) is 71.3 Å². The number of pyridine rings is 1. The van der Waals surface area contributed by atoms with Gasteiger partial charge in [0.15, 0.2) is 17.3 Å². The topological polar surface area (TPSA) is 76.4 Å². The van der Waals surface area contributed by atoms with Crippen molar-refractivity contribution in [2.45, 2.75) is 12.8 Å². The lowest BCUT2D eigenvalue weighted by molar-refractivity contribution is -0.116. The lowest BCUT2D eigenvalue weighted by Crippen LogP contribution is -2.13. The summed E-state index contributed by atoms with van der Waals surface area (Å²) in [5.41, 5.74) is 2.88. The Morgan fingerprint density at radius 1 is 0.857 bits per heavy atom. The minimum absolute atomic E-state index is 0.0422. The lowest BCUT2D eigenvalue weighted by Gasteiger charge is -2.07. The third-order valence-corrected chi connectivity index (χ3v) is 4.39. The summed E-state index contributed by atoms with van der Waals surface area (Å²) in [4.78, 5) is 24.4. The van der Waals surface area contributed by atoms with Crippen molar-refractivity contribution in [1.82, 2.24) is 14.6 Å². The van der Waals surface area contributed by atoms with Crippen LogP contribution >= 0.6 is 0 Å². The Morgan fingerprint density at radius 3 is 2.54 bits per heavy atom. The van der Waals surface area contributed by atoms with Gasteiger partial charge in [0.05, 0.1) is 0 Å². The van der Waals surface area contributed by atoms with Crippen molar-refractivity contribution in [1.29, 1.82) is 0 Å². The number of nitrogens with one attached hydrogen (secondary N) is 1. The quantitative estimate of drug-likeness (QED) is 0.521. The van der Waals surface area contributed by atoms with Crippen molar-refractivity contribution in [3.8, 4) is 11.4 Å². The Bertz CT molecular complexity index is 1140. The minimum atomic E-state index is -0.201. The van der Waals surface area contributed by atoms with Crippen LogP contribution in [0.1, 0.15) is 23.2 Å². The van der Waals surface area contributed by atoms with E-state index in [0.29, 0.717) is 17.1 Å². The number of nitrogens with zero attached hydrogens (tertiary/aromatic N) is 3. The standard InChI is InChI=1S/C22H18N4O2/c27-19(16-7-2-1-3-8-16)12-13-21(28)23-18-10-6-9-17(15-18)22-25-24-20-11-4-5-14-26(20)22/h1-11,14-15H,12-13H2,(H,23,28). The number of hydrogen-bond acceptors (Lipinski definition) is 4. The van der Waals surface area contributed by atoms with Crippen LogP contribution in [-0.2, 0) is 4.79 Å². The molecule has 0 radical (unpaired) electrons. The molecule has 4 aromatic rings. The molecule has 138 valence electrons. The van der Waals surface area contributed by atoms with E-state index in [1.165, 1.54) is 0 Å². The predicted molar refractivity (Wildman–Crippen MR) is 107 cm³/mol. The van der Waals surface area contributed by atoms with Gasteiger partial charge in [-0.3, -0.25) is 14.0 Å². The summed E-state index contributed by atoms with van der Waals surface area (Å²) in [6.45, 7) is 0. The summed E-state index contributed by atoms with van der Waals surface area (Å²) in [7, 11) is 0. The molecule has 28 heavy (non-hydrogen) atoms. The zero-order chi connectivity index (χ0) is 19.3. The van der Waals surface area contributed by atoms with Gasteiger partial charge in [-0.2, -0.15) is 0 Å². The van der Waals surface area contributed by atoms with Crippen LogP contribution in [0.3, 0.4) is 0 Å². The van der Waals surface area contributed by atoms with Gasteiger partial charge < -0.3 is 5.32 Å². The van der Waals surface area contributed by atoms with Crippen LogP contribution in [-0.4, -0.2) is 26.3 Å². The van der Waals surface area contributed by atoms with Gasteiger partial charge in [-0.05, 0) is 24.3 Å². The maximum absolute atomic E-state index is 12.3. The van der Waals surface area contributed by atoms with Gasteiger partial charge in [0.2, 0.25) is 5.91 Å². The molecule has 0 aliphatic rings. The highest BCUT2D eigenvalue weighted by Crippen LogP contribution is 2.22. The molecule has 2 aromatic carbocycles. The van der Waals surface area contributed by atoms with E-state index in [4.69, 9.17) is 0 Å². The molecule has 1 amide bonds. The molecule has 0 unspecified atom stereocenters. The van der Waals surface area contributed by atoms with Crippen LogP contribution in [0.5, 0.6) is 0 Å². The van der Waals surface area contributed by atoms with E-state index in [1.54, 1.807) is 12.1 Å². The highest BCUT2D eigenvalue weighted by molar-refractivity contribution is 6.00. The Labute approximate surface area is 161 Å².